The van der Waals surface area contributed by atoms with Crippen LogP contribution in [0.4, 0.5) is 0 Å². The van der Waals surface area contributed by atoms with Gasteiger partial charge in [0.15, 0.2) is 0 Å². The van der Waals surface area contributed by atoms with E-state index in [1.54, 1.807) is 12.4 Å². The summed E-state index contributed by atoms with van der Waals surface area (Å²) in [5.41, 5.74) is 9.72. The number of aromatic nitrogens is 4. The first kappa shape index (κ1) is 12.5. The highest BCUT2D eigenvalue weighted by molar-refractivity contribution is 5.61. The van der Waals surface area contributed by atoms with Crippen molar-refractivity contribution in [2.45, 2.75) is 13.1 Å². The topological polar surface area (TPSA) is 69.6 Å². The molecule has 2 aromatic heterocycles. The van der Waals surface area contributed by atoms with Gasteiger partial charge in [-0.15, -0.1) is 5.10 Å². The van der Waals surface area contributed by atoms with Crippen molar-refractivity contribution in [3.8, 4) is 11.3 Å². The van der Waals surface area contributed by atoms with E-state index in [4.69, 9.17) is 5.73 Å². The second kappa shape index (κ2) is 5.63. The molecule has 0 radical (unpaired) electrons. The van der Waals surface area contributed by atoms with Crippen molar-refractivity contribution in [2.24, 2.45) is 5.73 Å². The highest BCUT2D eigenvalue weighted by Gasteiger charge is 2.13. The maximum atomic E-state index is 5.76. The van der Waals surface area contributed by atoms with E-state index in [9.17, 15) is 0 Å². The highest BCUT2D eigenvalue weighted by atomic mass is 15.4. The molecule has 0 spiro atoms. The predicted octanol–water partition coefficient (Wildman–Crippen LogP) is 1.85. The zero-order valence-corrected chi connectivity index (χ0v) is 11.0. The van der Waals surface area contributed by atoms with Crippen LogP contribution in [0, 0.1) is 0 Å². The van der Waals surface area contributed by atoms with Crippen LogP contribution in [0.3, 0.4) is 0 Å². The van der Waals surface area contributed by atoms with E-state index in [1.807, 2.05) is 35.0 Å². The Morgan fingerprint density at radius 3 is 2.45 bits per heavy atom. The van der Waals surface area contributed by atoms with E-state index in [1.165, 1.54) is 5.56 Å². The standard InChI is InChI=1S/C15H15N5/c16-10-14-15(13-6-8-17-9-7-13)20(19-18-14)11-12-4-2-1-3-5-12/h1-9H,10-11,16H2. The molecule has 0 aliphatic rings. The van der Waals surface area contributed by atoms with Crippen LogP contribution in [0.25, 0.3) is 11.3 Å². The van der Waals surface area contributed by atoms with Crippen LogP contribution < -0.4 is 5.73 Å². The van der Waals surface area contributed by atoms with Gasteiger partial charge in [-0.05, 0) is 17.7 Å². The molecule has 3 rings (SSSR count). The van der Waals surface area contributed by atoms with Crippen LogP contribution in [-0.2, 0) is 13.1 Å². The molecule has 0 saturated carbocycles. The van der Waals surface area contributed by atoms with E-state index >= 15 is 0 Å². The van der Waals surface area contributed by atoms with E-state index in [-0.39, 0.29) is 0 Å². The minimum Gasteiger partial charge on any atom is -0.325 e. The van der Waals surface area contributed by atoms with Crippen molar-refractivity contribution in [1.82, 2.24) is 20.0 Å². The molecule has 0 saturated heterocycles. The molecule has 2 heterocycles. The zero-order chi connectivity index (χ0) is 13.8. The van der Waals surface area contributed by atoms with Crippen molar-refractivity contribution < 1.29 is 0 Å². The van der Waals surface area contributed by atoms with Gasteiger partial charge < -0.3 is 5.73 Å². The molecule has 0 bridgehead atoms. The van der Waals surface area contributed by atoms with Crippen molar-refractivity contribution >= 4 is 0 Å². The molecule has 0 unspecified atom stereocenters. The van der Waals surface area contributed by atoms with Gasteiger partial charge in [-0.1, -0.05) is 35.5 Å². The third-order valence-electron chi connectivity index (χ3n) is 3.13. The number of hydrogen-bond acceptors (Lipinski definition) is 4. The van der Waals surface area contributed by atoms with E-state index in [2.05, 4.69) is 27.4 Å². The first-order valence-electron chi connectivity index (χ1n) is 6.45. The summed E-state index contributed by atoms with van der Waals surface area (Å²) in [6.07, 6.45) is 3.52. The summed E-state index contributed by atoms with van der Waals surface area (Å²) in [5, 5.41) is 8.40. The summed E-state index contributed by atoms with van der Waals surface area (Å²) in [6, 6.07) is 14.1. The Hall–Kier alpha value is -2.53. The number of benzene rings is 1. The van der Waals surface area contributed by atoms with Gasteiger partial charge >= 0.3 is 0 Å². The van der Waals surface area contributed by atoms with Crippen molar-refractivity contribution in [3.05, 3.63) is 66.1 Å². The molecule has 0 amide bonds. The minimum atomic E-state index is 0.368. The molecule has 5 nitrogen and oxygen atoms in total. The molecule has 5 heteroatoms. The average molecular weight is 265 g/mol. The number of rotatable bonds is 4. The molecule has 0 atom stereocenters. The van der Waals surface area contributed by atoms with Gasteiger partial charge in [0.25, 0.3) is 0 Å². The van der Waals surface area contributed by atoms with Crippen LogP contribution in [0.5, 0.6) is 0 Å². The quantitative estimate of drug-likeness (QED) is 0.781. The number of hydrogen-bond donors (Lipinski definition) is 1. The Morgan fingerprint density at radius 2 is 1.75 bits per heavy atom. The van der Waals surface area contributed by atoms with Crippen molar-refractivity contribution in [2.75, 3.05) is 0 Å². The van der Waals surface area contributed by atoms with Gasteiger partial charge in [0.2, 0.25) is 0 Å². The fourth-order valence-corrected chi connectivity index (χ4v) is 2.18. The monoisotopic (exact) mass is 265 g/mol. The Bertz CT molecular complexity index is 676. The number of nitrogens with two attached hydrogens (primary N) is 1. The van der Waals surface area contributed by atoms with Gasteiger partial charge in [0.05, 0.1) is 12.2 Å². The van der Waals surface area contributed by atoms with Gasteiger partial charge in [-0.25, -0.2) is 4.68 Å². The molecule has 1 aromatic carbocycles. The fraction of sp³-hybridized carbons (Fsp3) is 0.133. The van der Waals surface area contributed by atoms with E-state index < -0.39 is 0 Å². The van der Waals surface area contributed by atoms with Crippen LogP contribution in [0.1, 0.15) is 11.3 Å². The lowest BCUT2D eigenvalue weighted by Gasteiger charge is -2.07. The first-order chi connectivity index (χ1) is 9.88. The molecule has 2 N–H and O–H groups in total. The summed E-state index contributed by atoms with van der Waals surface area (Å²) in [5.74, 6) is 0. The second-order valence-electron chi connectivity index (χ2n) is 4.47. The lowest BCUT2D eigenvalue weighted by molar-refractivity contribution is 0.655. The van der Waals surface area contributed by atoms with Crippen LogP contribution in [0.2, 0.25) is 0 Å². The minimum absolute atomic E-state index is 0.368. The van der Waals surface area contributed by atoms with Crippen LogP contribution >= 0.6 is 0 Å². The summed E-state index contributed by atoms with van der Waals surface area (Å²) in [4.78, 5) is 4.04. The Balaban J connectivity index is 2.02. The second-order valence-corrected chi connectivity index (χ2v) is 4.47. The van der Waals surface area contributed by atoms with Gasteiger partial charge in [0.1, 0.15) is 5.69 Å². The Labute approximate surface area is 117 Å². The summed E-state index contributed by atoms with van der Waals surface area (Å²) in [6.45, 7) is 1.04. The predicted molar refractivity (Wildman–Crippen MR) is 76.7 cm³/mol. The third-order valence-corrected chi connectivity index (χ3v) is 3.13. The summed E-state index contributed by atoms with van der Waals surface area (Å²) < 4.78 is 1.88. The normalized spacial score (nSPS) is 10.7. The maximum Gasteiger partial charge on any atom is 0.104 e. The molecule has 20 heavy (non-hydrogen) atoms. The van der Waals surface area contributed by atoms with Gasteiger partial charge in [-0.2, -0.15) is 0 Å². The summed E-state index contributed by atoms with van der Waals surface area (Å²) >= 11 is 0. The SMILES string of the molecule is NCc1nnn(Cc2ccccc2)c1-c1ccncc1. The average Bonchev–Trinajstić information content (AvgIpc) is 2.92. The highest BCUT2D eigenvalue weighted by Crippen LogP contribution is 2.22. The van der Waals surface area contributed by atoms with Gasteiger partial charge in [-0.3, -0.25) is 4.98 Å². The van der Waals surface area contributed by atoms with E-state index in [0.717, 1.165) is 17.0 Å². The van der Waals surface area contributed by atoms with Crippen molar-refractivity contribution in [1.29, 1.82) is 0 Å². The molecule has 100 valence electrons. The van der Waals surface area contributed by atoms with E-state index in [0.29, 0.717) is 13.1 Å². The molecule has 0 fully saturated rings. The van der Waals surface area contributed by atoms with Crippen molar-refractivity contribution in [3.63, 3.8) is 0 Å². The molecule has 0 aliphatic heterocycles. The molecular formula is C15H15N5. The zero-order valence-electron chi connectivity index (χ0n) is 11.0. The van der Waals surface area contributed by atoms with Crippen LogP contribution in [0.15, 0.2) is 54.9 Å². The lowest BCUT2D eigenvalue weighted by Crippen LogP contribution is -2.05. The number of nitrogens with zero attached hydrogens (tertiary/aromatic N) is 4. The fourth-order valence-electron chi connectivity index (χ4n) is 2.18. The first-order valence-corrected chi connectivity index (χ1v) is 6.45. The third kappa shape index (κ3) is 2.44. The largest absolute Gasteiger partial charge is 0.325 e. The lowest BCUT2D eigenvalue weighted by atomic mass is 10.1. The molecule has 3 aromatic rings. The maximum absolute atomic E-state index is 5.76. The molecular weight excluding hydrogens is 250 g/mol. The summed E-state index contributed by atoms with van der Waals surface area (Å²) in [7, 11) is 0. The Morgan fingerprint density at radius 1 is 1.00 bits per heavy atom. The van der Waals surface area contributed by atoms with Crippen LogP contribution in [-0.4, -0.2) is 20.0 Å². The Kier molecular flexibility index (Phi) is 3.52. The van der Waals surface area contributed by atoms with Gasteiger partial charge in [0, 0.05) is 24.5 Å². The molecule has 0 aliphatic carbocycles. The number of pyridine rings is 1. The smallest absolute Gasteiger partial charge is 0.104 e.